The van der Waals surface area contributed by atoms with Crippen LogP contribution in [0.15, 0.2) is 24.3 Å². The van der Waals surface area contributed by atoms with Crippen LogP contribution in [0.5, 0.6) is 6.01 Å². The Kier molecular flexibility index (Phi) is 7.79. The molecular formula is C27H32FN7O4. The molecule has 39 heavy (non-hydrogen) atoms. The van der Waals surface area contributed by atoms with Crippen molar-refractivity contribution in [1.82, 2.24) is 19.8 Å². The number of piperazine rings is 1. The third kappa shape index (κ3) is 5.59. The summed E-state index contributed by atoms with van der Waals surface area (Å²) in [4.78, 5) is 41.3. The van der Waals surface area contributed by atoms with Gasteiger partial charge in [0, 0.05) is 37.7 Å². The molecule has 12 heteroatoms. The zero-order valence-electron chi connectivity index (χ0n) is 21.9. The number of benzene rings is 1. The number of carbonyl (C=O) groups excluding carboxylic acids is 1. The number of anilines is 2. The van der Waals surface area contributed by atoms with Gasteiger partial charge in [0.2, 0.25) is 5.91 Å². The van der Waals surface area contributed by atoms with Crippen LogP contribution in [0.3, 0.4) is 0 Å². The number of para-hydroxylation sites is 1. The Morgan fingerprint density at radius 1 is 1.21 bits per heavy atom. The second kappa shape index (κ2) is 11.4. The topological polar surface area (TPSA) is 126 Å². The van der Waals surface area contributed by atoms with Gasteiger partial charge in [-0.05, 0) is 45.0 Å². The summed E-state index contributed by atoms with van der Waals surface area (Å²) >= 11 is 0. The number of likely N-dealkylation sites (N-methyl/N-ethyl adjacent to an activating group) is 1. The molecule has 11 nitrogen and oxygen atoms in total. The first kappa shape index (κ1) is 26.6. The summed E-state index contributed by atoms with van der Waals surface area (Å²) in [6, 6.07) is 8.14. The van der Waals surface area contributed by atoms with Gasteiger partial charge in [-0.3, -0.25) is 4.79 Å². The second-order valence-corrected chi connectivity index (χ2v) is 10.2. The lowest BCUT2D eigenvalue weighted by Crippen LogP contribution is -2.55. The smallest absolute Gasteiger partial charge is 0.407 e. The van der Waals surface area contributed by atoms with E-state index in [4.69, 9.17) is 14.7 Å². The molecule has 0 saturated carbocycles. The standard InChI is InChI=1S/C27H32FN7O4/c1-32-12-4-5-19(32)17-39-26-30-22-16-35(23-7-3-2-6-21(23)28)24(36)9-8-20(22)25(31-26)33-13-14-34(27(37)38)18(15-33)10-11-29/h2-3,6-7,18-19H,4-5,8-10,12-17H2,1H3,(H,37,38). The molecule has 2 atom stereocenters. The van der Waals surface area contributed by atoms with E-state index in [2.05, 4.69) is 18.0 Å². The summed E-state index contributed by atoms with van der Waals surface area (Å²) in [6.45, 7) is 2.32. The van der Waals surface area contributed by atoms with Crippen LogP contribution in [0.1, 0.15) is 36.9 Å². The van der Waals surface area contributed by atoms with E-state index in [9.17, 15) is 24.3 Å². The summed E-state index contributed by atoms with van der Waals surface area (Å²) in [5, 5.41) is 18.9. The van der Waals surface area contributed by atoms with E-state index < -0.39 is 18.0 Å². The number of fused-ring (bicyclic) bond motifs is 1. The minimum absolute atomic E-state index is 0.0486. The molecule has 0 bridgehead atoms. The highest BCUT2D eigenvalue weighted by atomic mass is 19.1. The number of aromatic nitrogens is 2. The molecular weight excluding hydrogens is 505 g/mol. The van der Waals surface area contributed by atoms with Crippen molar-refractivity contribution in [3.05, 3.63) is 41.3 Å². The number of carboxylic acid groups (broad SMARTS) is 1. The molecule has 0 radical (unpaired) electrons. The van der Waals surface area contributed by atoms with Crippen molar-refractivity contribution in [1.29, 1.82) is 5.26 Å². The van der Waals surface area contributed by atoms with Gasteiger partial charge >= 0.3 is 12.1 Å². The van der Waals surface area contributed by atoms with Crippen LogP contribution in [0.4, 0.5) is 20.7 Å². The van der Waals surface area contributed by atoms with E-state index >= 15 is 0 Å². The zero-order valence-corrected chi connectivity index (χ0v) is 21.9. The lowest BCUT2D eigenvalue weighted by molar-refractivity contribution is -0.118. The van der Waals surface area contributed by atoms with Crippen molar-refractivity contribution < 1.29 is 23.8 Å². The first-order chi connectivity index (χ1) is 18.9. The van der Waals surface area contributed by atoms with Gasteiger partial charge in [0.15, 0.2) is 0 Å². The van der Waals surface area contributed by atoms with Gasteiger partial charge in [0.05, 0.1) is 36.5 Å². The van der Waals surface area contributed by atoms with Gasteiger partial charge in [-0.25, -0.2) is 9.18 Å². The number of hydrogen-bond donors (Lipinski definition) is 1. The number of nitrogens with zero attached hydrogens (tertiary/aromatic N) is 7. The fraction of sp³-hybridized carbons (Fsp3) is 0.519. The third-order valence-corrected chi connectivity index (χ3v) is 7.82. The van der Waals surface area contributed by atoms with Crippen molar-refractivity contribution in [2.75, 3.05) is 49.6 Å². The minimum atomic E-state index is -1.06. The molecule has 3 aliphatic heterocycles. The first-order valence-electron chi connectivity index (χ1n) is 13.2. The zero-order chi connectivity index (χ0) is 27.5. The fourth-order valence-corrected chi connectivity index (χ4v) is 5.64. The Hall–Kier alpha value is -3.98. The Morgan fingerprint density at radius 3 is 2.74 bits per heavy atom. The largest absolute Gasteiger partial charge is 0.465 e. The summed E-state index contributed by atoms with van der Waals surface area (Å²) in [7, 11) is 2.06. The van der Waals surface area contributed by atoms with Gasteiger partial charge in [-0.15, -0.1) is 0 Å². The van der Waals surface area contributed by atoms with Crippen molar-refractivity contribution in [2.24, 2.45) is 0 Å². The number of nitriles is 1. The number of hydrogen-bond acceptors (Lipinski definition) is 8. The summed E-state index contributed by atoms with van der Waals surface area (Å²) < 4.78 is 20.8. The molecule has 2 amide bonds. The number of likely N-dealkylation sites (tertiary alicyclic amines) is 1. The molecule has 1 aromatic carbocycles. The third-order valence-electron chi connectivity index (χ3n) is 7.82. The maximum absolute atomic E-state index is 14.7. The van der Waals surface area contributed by atoms with Gasteiger partial charge in [0.25, 0.3) is 0 Å². The second-order valence-electron chi connectivity index (χ2n) is 10.2. The number of ether oxygens (including phenoxy) is 1. The number of halogens is 1. The Morgan fingerprint density at radius 2 is 2.03 bits per heavy atom. The van der Waals surface area contributed by atoms with E-state index in [0.29, 0.717) is 31.1 Å². The van der Waals surface area contributed by atoms with Gasteiger partial charge in [-0.1, -0.05) is 12.1 Å². The van der Waals surface area contributed by atoms with Gasteiger partial charge < -0.3 is 29.4 Å². The van der Waals surface area contributed by atoms with E-state index in [1.165, 1.54) is 15.9 Å². The maximum atomic E-state index is 14.7. The molecule has 5 rings (SSSR count). The molecule has 2 unspecified atom stereocenters. The molecule has 4 heterocycles. The highest BCUT2D eigenvalue weighted by Gasteiger charge is 2.35. The van der Waals surface area contributed by atoms with E-state index in [1.807, 2.05) is 4.90 Å². The number of amides is 2. The Bertz CT molecular complexity index is 1290. The van der Waals surface area contributed by atoms with Gasteiger partial charge in [0.1, 0.15) is 18.2 Å². The van der Waals surface area contributed by atoms with E-state index in [1.54, 1.807) is 18.2 Å². The van der Waals surface area contributed by atoms with Gasteiger partial charge in [-0.2, -0.15) is 15.2 Å². The van der Waals surface area contributed by atoms with Crippen LogP contribution < -0.4 is 14.5 Å². The normalized spacial score (nSPS) is 21.9. The maximum Gasteiger partial charge on any atom is 0.407 e. The SMILES string of the molecule is CN1CCCC1COc1nc2c(c(N3CCN(C(=O)O)C(CC#N)C3)n1)CCC(=O)N(c1ccccc1F)C2. The van der Waals surface area contributed by atoms with Crippen LogP contribution in [-0.4, -0.2) is 88.8 Å². The summed E-state index contributed by atoms with van der Waals surface area (Å²) in [5.74, 6) is -0.142. The molecule has 206 valence electrons. The van der Waals surface area contributed by atoms with Crippen LogP contribution in [0.25, 0.3) is 0 Å². The quantitative estimate of drug-likeness (QED) is 0.592. The average Bonchev–Trinajstić information content (AvgIpc) is 3.26. The predicted octanol–water partition coefficient (Wildman–Crippen LogP) is 2.65. The number of rotatable bonds is 6. The summed E-state index contributed by atoms with van der Waals surface area (Å²) in [5.41, 5.74) is 1.52. The van der Waals surface area contributed by atoms with Crippen LogP contribution in [0.2, 0.25) is 0 Å². The molecule has 1 N–H and O–H groups in total. The molecule has 2 saturated heterocycles. The predicted molar refractivity (Wildman–Crippen MR) is 140 cm³/mol. The van der Waals surface area contributed by atoms with Crippen LogP contribution in [0, 0.1) is 17.1 Å². The monoisotopic (exact) mass is 537 g/mol. The number of carbonyl (C=O) groups is 2. The van der Waals surface area contributed by atoms with E-state index in [0.717, 1.165) is 24.9 Å². The fourth-order valence-electron chi connectivity index (χ4n) is 5.64. The summed E-state index contributed by atoms with van der Waals surface area (Å²) in [6.07, 6.45) is 1.58. The van der Waals surface area contributed by atoms with Crippen LogP contribution in [-0.2, 0) is 17.8 Å². The molecule has 2 aromatic rings. The minimum Gasteiger partial charge on any atom is -0.465 e. The molecule has 3 aliphatic rings. The molecule has 0 spiro atoms. The Labute approximate surface area is 226 Å². The van der Waals surface area contributed by atoms with Crippen molar-refractivity contribution in [2.45, 2.75) is 50.7 Å². The van der Waals surface area contributed by atoms with Crippen molar-refractivity contribution in [3.63, 3.8) is 0 Å². The van der Waals surface area contributed by atoms with E-state index in [-0.39, 0.29) is 56.1 Å². The molecule has 0 aliphatic carbocycles. The highest BCUT2D eigenvalue weighted by molar-refractivity contribution is 5.94. The average molecular weight is 538 g/mol. The highest BCUT2D eigenvalue weighted by Crippen LogP contribution is 2.33. The van der Waals surface area contributed by atoms with Crippen LogP contribution >= 0.6 is 0 Å². The lowest BCUT2D eigenvalue weighted by Gasteiger charge is -2.40. The molecule has 1 aromatic heterocycles. The first-order valence-corrected chi connectivity index (χ1v) is 13.2. The molecule has 2 fully saturated rings. The van der Waals surface area contributed by atoms with Crippen molar-refractivity contribution >= 4 is 23.5 Å². The lowest BCUT2D eigenvalue weighted by atomic mass is 10.1. The van der Waals surface area contributed by atoms with Crippen molar-refractivity contribution in [3.8, 4) is 12.1 Å². The Balaban J connectivity index is 1.51.